The number of aliphatic hydroxyl groups is 4. The lowest BCUT2D eigenvalue weighted by Gasteiger charge is -2.26. The summed E-state index contributed by atoms with van der Waals surface area (Å²) in [5.41, 5.74) is 0.187. The number of benzene rings is 2. The molecule has 0 fully saturated rings. The van der Waals surface area contributed by atoms with Crippen molar-refractivity contribution in [3.8, 4) is 11.5 Å². The molecule has 0 aromatic heterocycles. The van der Waals surface area contributed by atoms with Crippen molar-refractivity contribution in [3.63, 3.8) is 0 Å². The number of hydrogen-bond acceptors (Lipinski definition) is 10. The molecule has 30 heavy (non-hydrogen) atoms. The molecule has 0 spiro atoms. The summed E-state index contributed by atoms with van der Waals surface area (Å²) in [4.78, 5) is 23.7. The Bertz CT molecular complexity index is 762. The van der Waals surface area contributed by atoms with Gasteiger partial charge in [-0.15, -0.1) is 0 Å². The molecule has 4 atom stereocenters. The van der Waals surface area contributed by atoms with Crippen LogP contribution in [0.2, 0.25) is 0 Å². The first kappa shape index (κ1) is 23.1. The van der Waals surface area contributed by atoms with Crippen LogP contribution >= 0.6 is 0 Å². The minimum Gasteiger partial charge on any atom is -0.508 e. The Hall–Kier alpha value is -3.18. The zero-order valence-electron chi connectivity index (χ0n) is 15.7. The molecule has 0 bridgehead atoms. The fourth-order valence-electron chi connectivity index (χ4n) is 2.34. The summed E-state index contributed by atoms with van der Waals surface area (Å²) in [5.74, 6) is -1.77. The van der Waals surface area contributed by atoms with Gasteiger partial charge < -0.3 is 40.1 Å². The van der Waals surface area contributed by atoms with Crippen LogP contribution in [0.4, 0.5) is 0 Å². The van der Waals surface area contributed by atoms with Gasteiger partial charge in [0.25, 0.3) is 0 Å². The highest BCUT2D eigenvalue weighted by atomic mass is 16.5. The first-order valence-corrected chi connectivity index (χ1v) is 8.83. The van der Waals surface area contributed by atoms with Gasteiger partial charge in [-0.2, -0.15) is 0 Å². The summed E-state index contributed by atoms with van der Waals surface area (Å²) >= 11 is 0. The zero-order chi connectivity index (χ0) is 22.3. The van der Waals surface area contributed by atoms with Crippen LogP contribution in [-0.2, 0) is 9.47 Å². The number of esters is 2. The topological polar surface area (TPSA) is 174 Å². The lowest BCUT2D eigenvalue weighted by Crippen LogP contribution is -2.48. The summed E-state index contributed by atoms with van der Waals surface area (Å²) < 4.78 is 9.63. The molecule has 0 aliphatic carbocycles. The van der Waals surface area contributed by atoms with Crippen molar-refractivity contribution in [2.24, 2.45) is 0 Å². The van der Waals surface area contributed by atoms with Gasteiger partial charge >= 0.3 is 11.9 Å². The van der Waals surface area contributed by atoms with Gasteiger partial charge in [0, 0.05) is 0 Å². The number of aliphatic hydroxyl groups excluding tert-OH is 4. The minimum absolute atomic E-state index is 0.0507. The van der Waals surface area contributed by atoms with E-state index in [1.165, 1.54) is 48.5 Å². The number of phenols is 2. The number of carbonyl (C=O) groups is 2. The lowest BCUT2D eigenvalue weighted by atomic mass is 10.0. The second kappa shape index (κ2) is 10.6. The molecule has 2 aromatic rings. The molecule has 2 aromatic carbocycles. The van der Waals surface area contributed by atoms with Crippen LogP contribution in [0.25, 0.3) is 0 Å². The molecule has 0 radical (unpaired) electrons. The zero-order valence-corrected chi connectivity index (χ0v) is 15.7. The minimum atomic E-state index is -1.90. The Labute approximate surface area is 171 Å². The summed E-state index contributed by atoms with van der Waals surface area (Å²) in [6, 6.07) is 10.2. The average molecular weight is 422 g/mol. The maximum absolute atomic E-state index is 11.8. The van der Waals surface area contributed by atoms with Gasteiger partial charge in [0.2, 0.25) is 0 Å². The quantitative estimate of drug-likeness (QED) is 0.291. The predicted octanol–water partition coefficient (Wildman–Crippen LogP) is -0.445. The van der Waals surface area contributed by atoms with Gasteiger partial charge in [0.05, 0.1) is 11.1 Å². The maximum atomic E-state index is 11.8. The molecule has 0 aliphatic rings. The second-order valence-electron chi connectivity index (χ2n) is 6.41. The van der Waals surface area contributed by atoms with Crippen molar-refractivity contribution in [2.45, 2.75) is 24.4 Å². The third kappa shape index (κ3) is 6.42. The maximum Gasteiger partial charge on any atom is 0.338 e. The molecular formula is C20H22O10. The Kier molecular flexibility index (Phi) is 8.13. The molecule has 10 heteroatoms. The van der Waals surface area contributed by atoms with Crippen molar-refractivity contribution in [1.82, 2.24) is 0 Å². The number of phenolic OH excluding ortho intramolecular Hbond substituents is 2. The van der Waals surface area contributed by atoms with Gasteiger partial charge in [0.15, 0.2) is 0 Å². The van der Waals surface area contributed by atoms with Crippen LogP contribution in [0.3, 0.4) is 0 Å². The van der Waals surface area contributed by atoms with E-state index in [2.05, 4.69) is 0 Å². The van der Waals surface area contributed by atoms with Crippen LogP contribution < -0.4 is 0 Å². The molecule has 0 aliphatic heterocycles. The van der Waals surface area contributed by atoms with Crippen molar-refractivity contribution < 1.29 is 49.7 Å². The molecule has 2 rings (SSSR count). The number of carbonyl (C=O) groups excluding carboxylic acids is 2. The molecular weight excluding hydrogens is 400 g/mol. The van der Waals surface area contributed by atoms with Crippen molar-refractivity contribution in [1.29, 1.82) is 0 Å². The fraction of sp³-hybridized carbons (Fsp3) is 0.300. The highest BCUT2D eigenvalue weighted by Gasteiger charge is 2.32. The lowest BCUT2D eigenvalue weighted by molar-refractivity contribution is -0.125. The van der Waals surface area contributed by atoms with Crippen molar-refractivity contribution in [2.75, 3.05) is 13.2 Å². The number of ether oxygens (including phenoxy) is 2. The van der Waals surface area contributed by atoms with Crippen LogP contribution in [0, 0.1) is 0 Å². The number of hydrogen-bond donors (Lipinski definition) is 6. The number of rotatable bonds is 9. The molecule has 0 amide bonds. The molecule has 0 saturated carbocycles. The van der Waals surface area contributed by atoms with Crippen LogP contribution in [0.1, 0.15) is 20.7 Å². The Balaban J connectivity index is 1.80. The van der Waals surface area contributed by atoms with Gasteiger partial charge in [-0.05, 0) is 48.5 Å². The van der Waals surface area contributed by atoms with Crippen LogP contribution in [-0.4, -0.2) is 80.2 Å². The normalized spacial score (nSPS) is 14.9. The Morgan fingerprint density at radius 1 is 0.633 bits per heavy atom. The SMILES string of the molecule is O=C(OCC(O)C(O)C(O)C(O)COC(=O)c1ccc(O)cc1)c1ccc(O)cc1. The smallest absolute Gasteiger partial charge is 0.338 e. The highest BCUT2D eigenvalue weighted by Crippen LogP contribution is 2.13. The summed E-state index contributed by atoms with van der Waals surface area (Å²) in [7, 11) is 0. The van der Waals surface area contributed by atoms with E-state index >= 15 is 0 Å². The largest absolute Gasteiger partial charge is 0.508 e. The fourth-order valence-corrected chi connectivity index (χ4v) is 2.34. The first-order chi connectivity index (χ1) is 14.2. The summed E-state index contributed by atoms with van der Waals surface area (Å²) in [5, 5.41) is 58.0. The van der Waals surface area contributed by atoms with Crippen LogP contribution in [0.5, 0.6) is 11.5 Å². The van der Waals surface area contributed by atoms with E-state index in [0.717, 1.165) is 0 Å². The van der Waals surface area contributed by atoms with E-state index in [4.69, 9.17) is 9.47 Å². The standard InChI is InChI=1S/C20H22O10/c21-13-5-1-11(2-6-13)19(27)29-9-15(23)17(25)18(26)16(24)10-30-20(28)12-3-7-14(22)8-4-12/h1-8,15-18,21-26H,9-10H2. The monoisotopic (exact) mass is 422 g/mol. The third-order valence-electron chi connectivity index (χ3n) is 4.11. The first-order valence-electron chi connectivity index (χ1n) is 8.83. The summed E-state index contributed by atoms with van der Waals surface area (Å²) in [6.07, 6.45) is -7.27. The van der Waals surface area contributed by atoms with E-state index in [1.54, 1.807) is 0 Å². The molecule has 6 N–H and O–H groups in total. The van der Waals surface area contributed by atoms with E-state index in [-0.39, 0.29) is 22.6 Å². The Morgan fingerprint density at radius 2 is 0.933 bits per heavy atom. The van der Waals surface area contributed by atoms with Crippen molar-refractivity contribution >= 4 is 11.9 Å². The van der Waals surface area contributed by atoms with E-state index < -0.39 is 49.6 Å². The molecule has 0 heterocycles. The van der Waals surface area contributed by atoms with E-state index in [0.29, 0.717) is 0 Å². The average Bonchev–Trinajstić information content (AvgIpc) is 2.75. The van der Waals surface area contributed by atoms with Gasteiger partial charge in [-0.1, -0.05) is 0 Å². The van der Waals surface area contributed by atoms with Crippen LogP contribution in [0.15, 0.2) is 48.5 Å². The van der Waals surface area contributed by atoms with Crippen molar-refractivity contribution in [3.05, 3.63) is 59.7 Å². The summed E-state index contributed by atoms with van der Waals surface area (Å²) in [6.45, 7) is -1.37. The van der Waals surface area contributed by atoms with Gasteiger partial charge in [-0.25, -0.2) is 9.59 Å². The predicted molar refractivity (Wildman–Crippen MR) is 101 cm³/mol. The Morgan fingerprint density at radius 3 is 1.23 bits per heavy atom. The molecule has 10 nitrogen and oxygen atoms in total. The van der Waals surface area contributed by atoms with E-state index in [9.17, 15) is 40.2 Å². The third-order valence-corrected chi connectivity index (χ3v) is 4.11. The van der Waals surface area contributed by atoms with Gasteiger partial charge in [-0.3, -0.25) is 0 Å². The molecule has 4 unspecified atom stereocenters. The molecule has 162 valence electrons. The second-order valence-corrected chi connectivity index (χ2v) is 6.41. The highest BCUT2D eigenvalue weighted by molar-refractivity contribution is 5.90. The molecule has 0 saturated heterocycles. The number of aromatic hydroxyl groups is 2. The van der Waals surface area contributed by atoms with E-state index in [1.807, 2.05) is 0 Å². The van der Waals surface area contributed by atoms with Gasteiger partial charge in [0.1, 0.15) is 49.1 Å².